The van der Waals surface area contributed by atoms with Crippen molar-refractivity contribution in [1.82, 2.24) is 0 Å². The Balaban J connectivity index is 2.38. The zero-order valence-corrected chi connectivity index (χ0v) is 5.44. The van der Waals surface area contributed by atoms with Gasteiger partial charge >= 0.3 is 0 Å². The molecule has 1 aliphatic rings. The van der Waals surface area contributed by atoms with Crippen LogP contribution in [0.25, 0.3) is 0 Å². The van der Waals surface area contributed by atoms with E-state index in [1.54, 1.807) is 0 Å². The molecule has 0 aromatic heterocycles. The van der Waals surface area contributed by atoms with E-state index in [-0.39, 0.29) is 11.9 Å². The van der Waals surface area contributed by atoms with Crippen LogP contribution in [0.5, 0.6) is 0 Å². The average molecular weight is 136 g/mol. The van der Waals surface area contributed by atoms with Crippen molar-refractivity contribution in [3.05, 3.63) is 0 Å². The summed E-state index contributed by atoms with van der Waals surface area (Å²) in [5.74, 6) is 0.188. The number of hydrogen-bond donors (Lipinski definition) is 0. The topological polar surface area (TPSA) is 46.7 Å². The highest BCUT2D eigenvalue weighted by Crippen LogP contribution is 2.10. The summed E-state index contributed by atoms with van der Waals surface area (Å²) in [4.78, 5) is 0. The summed E-state index contributed by atoms with van der Waals surface area (Å²) < 4.78 is 25.5. The van der Waals surface area contributed by atoms with Crippen LogP contribution in [0.15, 0.2) is 0 Å². The second-order valence-corrected chi connectivity index (χ2v) is 4.23. The monoisotopic (exact) mass is 136 g/mol. The van der Waals surface area contributed by atoms with Crippen molar-refractivity contribution in [3.8, 4) is 0 Å². The van der Waals surface area contributed by atoms with E-state index in [1.165, 1.54) is 6.26 Å². The molecule has 1 saturated heterocycles. The molecule has 3 nitrogen and oxygen atoms in total. The number of sulfone groups is 1. The molecule has 1 heterocycles. The molecule has 8 heavy (non-hydrogen) atoms. The Hall–Kier alpha value is -0.0900. The van der Waals surface area contributed by atoms with Gasteiger partial charge in [-0.25, -0.2) is 8.42 Å². The molecule has 0 aliphatic carbocycles. The number of epoxide rings is 1. The summed E-state index contributed by atoms with van der Waals surface area (Å²) in [6.07, 6.45) is 1.22. The summed E-state index contributed by atoms with van der Waals surface area (Å²) in [6.45, 7) is 0.618. The van der Waals surface area contributed by atoms with Crippen LogP contribution in [0.1, 0.15) is 0 Å². The lowest BCUT2D eigenvalue weighted by Gasteiger charge is -1.87. The molecule has 0 aromatic rings. The van der Waals surface area contributed by atoms with Gasteiger partial charge in [-0.15, -0.1) is 0 Å². The molecule has 1 rings (SSSR count). The summed E-state index contributed by atoms with van der Waals surface area (Å²) in [6, 6.07) is 0. The van der Waals surface area contributed by atoms with E-state index in [1.807, 2.05) is 0 Å². The van der Waals surface area contributed by atoms with Crippen LogP contribution in [0.4, 0.5) is 0 Å². The molecular weight excluding hydrogens is 128 g/mol. The first-order valence-electron chi connectivity index (χ1n) is 2.37. The van der Waals surface area contributed by atoms with Crippen LogP contribution in [-0.4, -0.2) is 33.1 Å². The molecule has 0 bridgehead atoms. The lowest BCUT2D eigenvalue weighted by molar-refractivity contribution is 0.423. The van der Waals surface area contributed by atoms with Crippen LogP contribution < -0.4 is 0 Å². The van der Waals surface area contributed by atoms with Crippen molar-refractivity contribution in [2.24, 2.45) is 0 Å². The lowest BCUT2D eigenvalue weighted by Crippen LogP contribution is -2.08. The molecule has 1 atom stereocenters. The van der Waals surface area contributed by atoms with Gasteiger partial charge in [0.2, 0.25) is 0 Å². The average Bonchev–Trinajstić information content (AvgIpc) is 2.12. The third kappa shape index (κ3) is 2.28. The fourth-order valence-electron chi connectivity index (χ4n) is 0.502. The molecular formula is C4H8O3S. The van der Waals surface area contributed by atoms with E-state index in [2.05, 4.69) is 0 Å². The highest BCUT2D eigenvalue weighted by Gasteiger charge is 2.26. The summed E-state index contributed by atoms with van der Waals surface area (Å²) >= 11 is 0. The summed E-state index contributed by atoms with van der Waals surface area (Å²) in [5, 5.41) is 0. The van der Waals surface area contributed by atoms with Crippen molar-refractivity contribution < 1.29 is 13.2 Å². The quantitative estimate of drug-likeness (QED) is 0.477. The molecule has 48 valence electrons. The van der Waals surface area contributed by atoms with Gasteiger partial charge in [0.25, 0.3) is 0 Å². The van der Waals surface area contributed by atoms with E-state index in [0.717, 1.165) is 0 Å². The minimum atomic E-state index is -2.79. The predicted octanol–water partition coefficient (Wildman–Crippen LogP) is -0.570. The van der Waals surface area contributed by atoms with Gasteiger partial charge in [-0.05, 0) is 0 Å². The fourth-order valence-corrected chi connectivity index (χ4v) is 1.37. The van der Waals surface area contributed by atoms with Gasteiger partial charge in [0.15, 0.2) is 0 Å². The maximum absolute atomic E-state index is 10.4. The zero-order valence-electron chi connectivity index (χ0n) is 4.62. The Kier molecular flexibility index (Phi) is 1.28. The predicted molar refractivity (Wildman–Crippen MR) is 29.5 cm³/mol. The van der Waals surface area contributed by atoms with Crippen LogP contribution in [-0.2, 0) is 14.6 Å². The van der Waals surface area contributed by atoms with Crippen LogP contribution in [0.3, 0.4) is 0 Å². The van der Waals surface area contributed by atoms with E-state index in [0.29, 0.717) is 6.61 Å². The van der Waals surface area contributed by atoms with Crippen molar-refractivity contribution in [1.29, 1.82) is 0 Å². The molecule has 1 fully saturated rings. The molecule has 0 saturated carbocycles. The number of ether oxygens (including phenoxy) is 1. The normalized spacial score (nSPS) is 27.9. The van der Waals surface area contributed by atoms with E-state index in [4.69, 9.17) is 4.74 Å². The van der Waals surface area contributed by atoms with Gasteiger partial charge in [0, 0.05) is 6.26 Å². The molecule has 0 spiro atoms. The first kappa shape index (κ1) is 6.04. The fraction of sp³-hybridized carbons (Fsp3) is 1.00. The molecule has 1 aliphatic heterocycles. The van der Waals surface area contributed by atoms with Crippen molar-refractivity contribution in [3.63, 3.8) is 0 Å². The van der Waals surface area contributed by atoms with Gasteiger partial charge < -0.3 is 4.74 Å². The van der Waals surface area contributed by atoms with Crippen LogP contribution in [0, 0.1) is 0 Å². The Morgan fingerprint density at radius 1 is 1.75 bits per heavy atom. The van der Waals surface area contributed by atoms with Gasteiger partial charge in [-0.3, -0.25) is 0 Å². The second kappa shape index (κ2) is 1.70. The molecule has 0 radical (unpaired) electrons. The highest BCUT2D eigenvalue weighted by molar-refractivity contribution is 7.90. The maximum Gasteiger partial charge on any atom is 0.150 e. The third-order valence-corrected chi connectivity index (χ3v) is 1.87. The molecule has 0 unspecified atom stereocenters. The van der Waals surface area contributed by atoms with Gasteiger partial charge in [0.05, 0.1) is 18.5 Å². The van der Waals surface area contributed by atoms with Crippen LogP contribution >= 0.6 is 0 Å². The number of hydrogen-bond acceptors (Lipinski definition) is 3. The van der Waals surface area contributed by atoms with Crippen LogP contribution in [0.2, 0.25) is 0 Å². The summed E-state index contributed by atoms with van der Waals surface area (Å²) in [5.41, 5.74) is 0. The lowest BCUT2D eigenvalue weighted by atomic mass is 10.6. The first-order chi connectivity index (χ1) is 3.58. The molecule has 0 amide bonds. The SMILES string of the molecule is CS(=O)(=O)C[C@H]1CO1. The zero-order chi connectivity index (χ0) is 6.20. The Bertz CT molecular complexity index is 166. The van der Waals surface area contributed by atoms with Gasteiger partial charge in [-0.1, -0.05) is 0 Å². The van der Waals surface area contributed by atoms with E-state index >= 15 is 0 Å². The minimum Gasteiger partial charge on any atom is -0.372 e. The Morgan fingerprint density at radius 3 is 2.38 bits per heavy atom. The largest absolute Gasteiger partial charge is 0.372 e. The molecule has 4 heteroatoms. The van der Waals surface area contributed by atoms with Crippen molar-refractivity contribution in [2.75, 3.05) is 18.6 Å². The maximum atomic E-state index is 10.4. The Labute approximate surface area is 48.6 Å². The third-order valence-electron chi connectivity index (χ3n) is 0.891. The van der Waals surface area contributed by atoms with E-state index in [9.17, 15) is 8.42 Å². The minimum absolute atomic E-state index is 0.00463. The molecule has 0 aromatic carbocycles. The number of rotatable bonds is 2. The smallest absolute Gasteiger partial charge is 0.150 e. The standard InChI is InChI=1S/C4H8O3S/c1-8(5,6)3-4-2-7-4/h4H,2-3H2,1H3/t4-/m1/s1. The van der Waals surface area contributed by atoms with Crippen molar-refractivity contribution in [2.45, 2.75) is 6.10 Å². The highest BCUT2D eigenvalue weighted by atomic mass is 32.2. The van der Waals surface area contributed by atoms with Gasteiger partial charge in [-0.2, -0.15) is 0 Å². The summed E-state index contributed by atoms with van der Waals surface area (Å²) in [7, 11) is -2.79. The van der Waals surface area contributed by atoms with Crippen molar-refractivity contribution >= 4 is 9.84 Å². The Morgan fingerprint density at radius 2 is 2.25 bits per heavy atom. The van der Waals surface area contributed by atoms with Gasteiger partial charge in [0.1, 0.15) is 9.84 Å². The first-order valence-corrected chi connectivity index (χ1v) is 4.43. The molecule has 0 N–H and O–H groups in total. The van der Waals surface area contributed by atoms with E-state index < -0.39 is 9.84 Å². The second-order valence-electron chi connectivity index (χ2n) is 2.05.